The number of nitrogens with two attached hydrogens (primary N) is 1. The summed E-state index contributed by atoms with van der Waals surface area (Å²) in [6.07, 6.45) is 0. The molecule has 0 aliphatic carbocycles. The van der Waals surface area contributed by atoms with Crippen LogP contribution in [-0.4, -0.2) is 0 Å². The quantitative estimate of drug-likeness (QED) is 0.647. The first-order valence-electron chi connectivity index (χ1n) is 6.01. The summed E-state index contributed by atoms with van der Waals surface area (Å²) in [6, 6.07) is 12.1. The summed E-state index contributed by atoms with van der Waals surface area (Å²) in [5.74, 6) is 5.71. The zero-order valence-corrected chi connectivity index (χ0v) is 13.2. The van der Waals surface area contributed by atoms with Gasteiger partial charge in [-0.25, -0.2) is 5.43 Å². The summed E-state index contributed by atoms with van der Waals surface area (Å²) >= 11 is 9.54. The molecule has 0 aliphatic rings. The van der Waals surface area contributed by atoms with Crippen LogP contribution in [0.15, 0.2) is 40.9 Å². The maximum atomic E-state index is 6.14. The van der Waals surface area contributed by atoms with Gasteiger partial charge in [-0.15, -0.1) is 0 Å². The fourth-order valence-corrected chi connectivity index (χ4v) is 2.46. The molecule has 0 saturated carbocycles. The van der Waals surface area contributed by atoms with Gasteiger partial charge in [-0.1, -0.05) is 35.9 Å². The molecule has 2 rings (SSSR count). The van der Waals surface area contributed by atoms with Crippen molar-refractivity contribution in [3.05, 3.63) is 68.1 Å². The van der Waals surface area contributed by atoms with Crippen LogP contribution >= 0.6 is 27.5 Å². The van der Waals surface area contributed by atoms with E-state index in [1.807, 2.05) is 18.2 Å². The highest BCUT2D eigenvalue weighted by molar-refractivity contribution is 9.10. The molecule has 2 aromatic rings. The van der Waals surface area contributed by atoms with Crippen molar-refractivity contribution in [1.82, 2.24) is 5.43 Å². The fraction of sp³-hybridized carbons (Fsp3) is 0.200. The molecule has 0 fully saturated rings. The third-order valence-corrected chi connectivity index (χ3v) is 4.54. The summed E-state index contributed by atoms with van der Waals surface area (Å²) in [5, 5.41) is 0.682. The van der Waals surface area contributed by atoms with Crippen molar-refractivity contribution in [2.45, 2.75) is 19.9 Å². The van der Waals surface area contributed by atoms with Gasteiger partial charge in [-0.3, -0.25) is 5.84 Å². The normalized spacial score (nSPS) is 12.5. The van der Waals surface area contributed by atoms with E-state index in [0.29, 0.717) is 5.02 Å². The Bertz CT molecular complexity index is 547. The van der Waals surface area contributed by atoms with E-state index in [-0.39, 0.29) is 6.04 Å². The van der Waals surface area contributed by atoms with E-state index in [4.69, 9.17) is 17.4 Å². The molecule has 100 valence electrons. The lowest BCUT2D eigenvalue weighted by atomic mass is 9.96. The third kappa shape index (κ3) is 3.18. The molecule has 0 spiro atoms. The van der Waals surface area contributed by atoms with Crippen LogP contribution in [0.1, 0.15) is 28.3 Å². The molecule has 2 nitrogen and oxygen atoms in total. The second-order valence-corrected chi connectivity index (χ2v) is 5.88. The predicted molar refractivity (Wildman–Crippen MR) is 84.2 cm³/mol. The number of nitrogens with one attached hydrogen (secondary N) is 1. The van der Waals surface area contributed by atoms with Crippen molar-refractivity contribution in [2.24, 2.45) is 5.84 Å². The van der Waals surface area contributed by atoms with Crippen LogP contribution in [0.25, 0.3) is 0 Å². The van der Waals surface area contributed by atoms with Gasteiger partial charge in [0.15, 0.2) is 0 Å². The molecule has 1 atom stereocenters. The lowest BCUT2D eigenvalue weighted by molar-refractivity contribution is 0.636. The van der Waals surface area contributed by atoms with E-state index in [2.05, 4.69) is 53.4 Å². The van der Waals surface area contributed by atoms with Gasteiger partial charge in [0.05, 0.1) is 11.1 Å². The Morgan fingerprint density at radius 1 is 1.05 bits per heavy atom. The molecular formula is C15H16BrClN2. The zero-order chi connectivity index (χ0) is 14.0. The third-order valence-electron chi connectivity index (χ3n) is 3.31. The first-order chi connectivity index (χ1) is 9.02. The van der Waals surface area contributed by atoms with Gasteiger partial charge in [0, 0.05) is 4.47 Å². The van der Waals surface area contributed by atoms with Gasteiger partial charge in [0.25, 0.3) is 0 Å². The van der Waals surface area contributed by atoms with E-state index >= 15 is 0 Å². The molecule has 3 N–H and O–H groups in total. The molecule has 0 aromatic heterocycles. The molecular weight excluding hydrogens is 324 g/mol. The van der Waals surface area contributed by atoms with Crippen LogP contribution in [0.4, 0.5) is 0 Å². The van der Waals surface area contributed by atoms with Crippen molar-refractivity contribution < 1.29 is 0 Å². The average molecular weight is 340 g/mol. The maximum absolute atomic E-state index is 6.14. The minimum absolute atomic E-state index is 0.0649. The van der Waals surface area contributed by atoms with Crippen molar-refractivity contribution in [3.8, 4) is 0 Å². The van der Waals surface area contributed by atoms with Crippen molar-refractivity contribution >= 4 is 27.5 Å². The maximum Gasteiger partial charge on any atom is 0.0710 e. The number of hydrogen-bond acceptors (Lipinski definition) is 2. The lowest BCUT2D eigenvalue weighted by Gasteiger charge is -2.18. The van der Waals surface area contributed by atoms with Crippen molar-refractivity contribution in [1.29, 1.82) is 0 Å². The van der Waals surface area contributed by atoms with E-state index < -0.39 is 0 Å². The smallest absolute Gasteiger partial charge is 0.0710 e. The highest BCUT2D eigenvalue weighted by Gasteiger charge is 2.14. The minimum atomic E-state index is -0.0649. The van der Waals surface area contributed by atoms with Gasteiger partial charge < -0.3 is 0 Å². The van der Waals surface area contributed by atoms with E-state index in [1.54, 1.807) is 0 Å². The Balaban J connectivity index is 2.43. The van der Waals surface area contributed by atoms with Crippen LogP contribution in [0, 0.1) is 13.8 Å². The number of rotatable bonds is 3. The lowest BCUT2D eigenvalue weighted by Crippen LogP contribution is -2.28. The van der Waals surface area contributed by atoms with Crippen LogP contribution in [0.2, 0.25) is 5.02 Å². The topological polar surface area (TPSA) is 38.0 Å². The molecule has 4 heteroatoms. The first-order valence-corrected chi connectivity index (χ1v) is 7.18. The minimum Gasteiger partial charge on any atom is -0.271 e. The second kappa shape index (κ2) is 6.06. The summed E-state index contributed by atoms with van der Waals surface area (Å²) in [7, 11) is 0. The monoisotopic (exact) mass is 338 g/mol. The highest BCUT2D eigenvalue weighted by Crippen LogP contribution is 2.29. The standard InChI is InChI=1S/C15H16BrClN2/c1-9-3-4-11(7-10(9)2)15(19-18)12-5-6-13(16)14(17)8-12/h3-8,15,19H,18H2,1-2H3. The average Bonchev–Trinajstić information content (AvgIpc) is 2.39. The van der Waals surface area contributed by atoms with Crippen LogP contribution < -0.4 is 11.3 Å². The molecule has 0 bridgehead atoms. The number of hydrazine groups is 1. The second-order valence-electron chi connectivity index (χ2n) is 4.62. The highest BCUT2D eigenvalue weighted by atomic mass is 79.9. The SMILES string of the molecule is Cc1ccc(C(NN)c2ccc(Br)c(Cl)c2)cc1C. The Morgan fingerprint density at radius 3 is 2.26 bits per heavy atom. The van der Waals surface area contributed by atoms with Gasteiger partial charge in [-0.2, -0.15) is 0 Å². The van der Waals surface area contributed by atoms with Gasteiger partial charge >= 0.3 is 0 Å². The largest absolute Gasteiger partial charge is 0.271 e. The van der Waals surface area contributed by atoms with Crippen molar-refractivity contribution in [2.75, 3.05) is 0 Å². The fourth-order valence-electron chi connectivity index (χ4n) is 2.02. The molecule has 0 heterocycles. The number of aryl methyl sites for hydroxylation is 2. The van der Waals surface area contributed by atoms with Crippen LogP contribution in [0.5, 0.6) is 0 Å². The molecule has 2 aromatic carbocycles. The molecule has 0 saturated heterocycles. The van der Waals surface area contributed by atoms with E-state index in [0.717, 1.165) is 15.6 Å². The Labute approximate surface area is 127 Å². The van der Waals surface area contributed by atoms with E-state index in [9.17, 15) is 0 Å². The molecule has 19 heavy (non-hydrogen) atoms. The van der Waals surface area contributed by atoms with Crippen LogP contribution in [-0.2, 0) is 0 Å². The van der Waals surface area contributed by atoms with Crippen LogP contribution in [0.3, 0.4) is 0 Å². The molecule has 0 aliphatic heterocycles. The van der Waals surface area contributed by atoms with Crippen molar-refractivity contribution in [3.63, 3.8) is 0 Å². The Hall–Kier alpha value is -0.870. The molecule has 0 radical (unpaired) electrons. The number of benzene rings is 2. The zero-order valence-electron chi connectivity index (χ0n) is 10.9. The Morgan fingerprint density at radius 2 is 1.68 bits per heavy atom. The summed E-state index contributed by atoms with van der Waals surface area (Å²) in [6.45, 7) is 4.20. The van der Waals surface area contributed by atoms with E-state index in [1.165, 1.54) is 11.1 Å². The first kappa shape index (κ1) is 14.5. The summed E-state index contributed by atoms with van der Waals surface area (Å²) < 4.78 is 0.883. The number of hydrogen-bond donors (Lipinski definition) is 2. The molecule has 1 unspecified atom stereocenters. The van der Waals surface area contributed by atoms with Gasteiger partial charge in [0.1, 0.15) is 0 Å². The Kier molecular flexibility index (Phi) is 4.63. The molecule has 0 amide bonds. The summed E-state index contributed by atoms with van der Waals surface area (Å²) in [5.41, 5.74) is 7.55. The van der Waals surface area contributed by atoms with Gasteiger partial charge in [0.2, 0.25) is 0 Å². The van der Waals surface area contributed by atoms with Gasteiger partial charge in [-0.05, 0) is 64.2 Å². The number of halogens is 2. The predicted octanol–water partition coefficient (Wildman–Crippen LogP) is 4.27. The summed E-state index contributed by atoms with van der Waals surface area (Å²) in [4.78, 5) is 0.